The summed E-state index contributed by atoms with van der Waals surface area (Å²) in [6.45, 7) is 1.50. The Morgan fingerprint density at radius 3 is 2.62 bits per heavy atom. The Morgan fingerprint density at radius 1 is 1.29 bits per heavy atom. The first-order chi connectivity index (χ1) is 9.99. The SMILES string of the molecule is CN(Cc1ccc(Cl)s1)Cc1ccc(/C(N)=N/O)cc1Cl. The van der Waals surface area contributed by atoms with Gasteiger partial charge in [-0.15, -0.1) is 11.3 Å². The summed E-state index contributed by atoms with van der Waals surface area (Å²) >= 11 is 13.7. The summed E-state index contributed by atoms with van der Waals surface area (Å²) in [6.07, 6.45) is 0. The van der Waals surface area contributed by atoms with Gasteiger partial charge in [0, 0.05) is 28.6 Å². The van der Waals surface area contributed by atoms with Crippen molar-refractivity contribution in [3.8, 4) is 0 Å². The lowest BCUT2D eigenvalue weighted by molar-refractivity contribution is 0.318. The highest BCUT2D eigenvalue weighted by atomic mass is 35.5. The number of hydrogen-bond donors (Lipinski definition) is 2. The molecule has 1 aromatic heterocycles. The fourth-order valence-corrected chi connectivity index (χ4v) is 3.35. The molecule has 0 unspecified atom stereocenters. The molecule has 112 valence electrons. The summed E-state index contributed by atoms with van der Waals surface area (Å²) in [6, 6.07) is 9.28. The van der Waals surface area contributed by atoms with Crippen molar-refractivity contribution in [2.45, 2.75) is 13.1 Å². The average Bonchev–Trinajstić information content (AvgIpc) is 2.85. The van der Waals surface area contributed by atoms with Crippen LogP contribution in [0.1, 0.15) is 16.0 Å². The van der Waals surface area contributed by atoms with Gasteiger partial charge in [-0.3, -0.25) is 4.90 Å². The molecule has 0 radical (unpaired) electrons. The fraction of sp³-hybridized carbons (Fsp3) is 0.214. The summed E-state index contributed by atoms with van der Waals surface area (Å²) in [5.41, 5.74) is 7.12. The summed E-state index contributed by atoms with van der Waals surface area (Å²) in [4.78, 5) is 3.35. The molecule has 2 aromatic rings. The summed E-state index contributed by atoms with van der Waals surface area (Å²) in [5.74, 6) is 0.0463. The summed E-state index contributed by atoms with van der Waals surface area (Å²) < 4.78 is 0.791. The number of benzene rings is 1. The lowest BCUT2D eigenvalue weighted by Gasteiger charge is -2.17. The van der Waals surface area contributed by atoms with Gasteiger partial charge in [-0.05, 0) is 30.8 Å². The molecule has 7 heteroatoms. The van der Waals surface area contributed by atoms with E-state index in [2.05, 4.69) is 10.1 Å². The molecule has 0 aliphatic heterocycles. The smallest absolute Gasteiger partial charge is 0.170 e. The average molecular weight is 344 g/mol. The van der Waals surface area contributed by atoms with Crippen LogP contribution in [0.15, 0.2) is 35.5 Å². The first kappa shape index (κ1) is 16.1. The minimum Gasteiger partial charge on any atom is -0.409 e. The molecule has 0 atom stereocenters. The Bertz CT molecular complexity index is 657. The Balaban J connectivity index is 2.05. The molecule has 0 saturated heterocycles. The van der Waals surface area contributed by atoms with E-state index in [1.54, 1.807) is 23.5 Å². The number of amidine groups is 1. The van der Waals surface area contributed by atoms with Gasteiger partial charge in [0.25, 0.3) is 0 Å². The Hall–Kier alpha value is -1.27. The van der Waals surface area contributed by atoms with Crippen molar-refractivity contribution < 1.29 is 5.21 Å². The first-order valence-corrected chi connectivity index (χ1v) is 7.76. The zero-order chi connectivity index (χ0) is 15.4. The maximum Gasteiger partial charge on any atom is 0.170 e. The lowest BCUT2D eigenvalue weighted by atomic mass is 10.1. The van der Waals surface area contributed by atoms with Crippen molar-refractivity contribution in [2.75, 3.05) is 7.05 Å². The molecule has 1 heterocycles. The molecule has 21 heavy (non-hydrogen) atoms. The van der Waals surface area contributed by atoms with Crippen molar-refractivity contribution in [2.24, 2.45) is 10.9 Å². The van der Waals surface area contributed by atoms with E-state index in [1.165, 1.54) is 4.88 Å². The molecule has 1 aromatic carbocycles. The summed E-state index contributed by atoms with van der Waals surface area (Å²) in [5, 5.41) is 12.2. The molecular weight excluding hydrogens is 329 g/mol. The normalized spacial score (nSPS) is 12.1. The third-order valence-electron chi connectivity index (χ3n) is 2.95. The summed E-state index contributed by atoms with van der Waals surface area (Å²) in [7, 11) is 2.02. The zero-order valence-corrected chi connectivity index (χ0v) is 13.7. The van der Waals surface area contributed by atoms with E-state index in [0.717, 1.165) is 16.4 Å². The molecule has 4 nitrogen and oxygen atoms in total. The number of thiophene rings is 1. The van der Waals surface area contributed by atoms with E-state index in [1.807, 2.05) is 25.2 Å². The van der Waals surface area contributed by atoms with Crippen molar-refractivity contribution in [1.82, 2.24) is 4.90 Å². The van der Waals surface area contributed by atoms with Crippen LogP contribution in [0.2, 0.25) is 9.36 Å². The number of halogens is 2. The second-order valence-corrected chi connectivity index (χ2v) is 6.88. The highest BCUT2D eigenvalue weighted by Crippen LogP contribution is 2.24. The van der Waals surface area contributed by atoms with Crippen LogP contribution < -0.4 is 5.73 Å². The van der Waals surface area contributed by atoms with E-state index in [4.69, 9.17) is 34.1 Å². The highest BCUT2D eigenvalue weighted by molar-refractivity contribution is 7.16. The molecule has 2 rings (SSSR count). The van der Waals surface area contributed by atoms with Crippen LogP contribution in [0.5, 0.6) is 0 Å². The molecular formula is C14H15Cl2N3OS. The van der Waals surface area contributed by atoms with Gasteiger partial charge in [0.1, 0.15) is 0 Å². The number of nitrogens with zero attached hydrogens (tertiary/aromatic N) is 2. The lowest BCUT2D eigenvalue weighted by Crippen LogP contribution is -2.17. The topological polar surface area (TPSA) is 61.8 Å². The predicted octanol–water partition coefficient (Wildman–Crippen LogP) is 3.78. The van der Waals surface area contributed by atoms with Crippen LogP contribution >= 0.6 is 34.5 Å². The van der Waals surface area contributed by atoms with E-state index in [-0.39, 0.29) is 5.84 Å². The molecule has 3 N–H and O–H groups in total. The van der Waals surface area contributed by atoms with Gasteiger partial charge in [0.2, 0.25) is 0 Å². The van der Waals surface area contributed by atoms with Gasteiger partial charge in [0.05, 0.1) is 4.34 Å². The van der Waals surface area contributed by atoms with Crippen LogP contribution in [0.25, 0.3) is 0 Å². The molecule has 0 aliphatic rings. The Kier molecular flexibility index (Phi) is 5.47. The van der Waals surface area contributed by atoms with Gasteiger partial charge in [-0.25, -0.2) is 0 Å². The van der Waals surface area contributed by atoms with E-state index < -0.39 is 0 Å². The van der Waals surface area contributed by atoms with E-state index >= 15 is 0 Å². The zero-order valence-electron chi connectivity index (χ0n) is 11.4. The minimum atomic E-state index is 0.0463. The first-order valence-electron chi connectivity index (χ1n) is 6.18. The Labute approximate surface area is 137 Å². The van der Waals surface area contributed by atoms with Crippen molar-refractivity contribution >= 4 is 40.4 Å². The fourth-order valence-electron chi connectivity index (χ4n) is 1.94. The quantitative estimate of drug-likeness (QED) is 0.376. The predicted molar refractivity (Wildman–Crippen MR) is 88.5 cm³/mol. The number of oxime groups is 1. The minimum absolute atomic E-state index is 0.0463. The third kappa shape index (κ3) is 4.35. The number of rotatable bonds is 5. The maximum absolute atomic E-state index is 8.66. The molecule has 0 bridgehead atoms. The van der Waals surface area contributed by atoms with E-state index in [0.29, 0.717) is 17.1 Å². The van der Waals surface area contributed by atoms with Crippen molar-refractivity contribution in [1.29, 1.82) is 0 Å². The number of hydrogen-bond acceptors (Lipinski definition) is 4. The Morgan fingerprint density at radius 2 is 2.05 bits per heavy atom. The van der Waals surface area contributed by atoms with Gasteiger partial charge >= 0.3 is 0 Å². The van der Waals surface area contributed by atoms with Crippen LogP contribution in [-0.4, -0.2) is 23.0 Å². The van der Waals surface area contributed by atoms with Crippen LogP contribution in [-0.2, 0) is 13.1 Å². The second kappa shape index (κ2) is 7.13. The molecule has 0 aliphatic carbocycles. The van der Waals surface area contributed by atoms with Crippen molar-refractivity contribution in [3.05, 3.63) is 55.7 Å². The van der Waals surface area contributed by atoms with Crippen molar-refractivity contribution in [3.63, 3.8) is 0 Å². The second-order valence-electron chi connectivity index (χ2n) is 4.67. The molecule has 0 amide bonds. The molecule has 0 saturated carbocycles. The molecule has 0 spiro atoms. The largest absolute Gasteiger partial charge is 0.409 e. The van der Waals surface area contributed by atoms with Gasteiger partial charge < -0.3 is 10.9 Å². The van der Waals surface area contributed by atoms with Gasteiger partial charge in [-0.1, -0.05) is 40.5 Å². The maximum atomic E-state index is 8.66. The monoisotopic (exact) mass is 343 g/mol. The molecule has 0 fully saturated rings. The highest BCUT2D eigenvalue weighted by Gasteiger charge is 2.09. The standard InChI is InChI=1S/C14H15Cl2N3OS/c1-19(8-11-4-5-13(16)21-11)7-10-3-2-9(6-12(10)15)14(17)18-20/h2-6,20H,7-8H2,1H3,(H2,17,18). The number of nitrogens with two attached hydrogens (primary N) is 1. The third-order valence-corrected chi connectivity index (χ3v) is 4.52. The van der Waals surface area contributed by atoms with Crippen LogP contribution in [0, 0.1) is 0 Å². The van der Waals surface area contributed by atoms with Gasteiger partial charge in [-0.2, -0.15) is 0 Å². The van der Waals surface area contributed by atoms with Crippen LogP contribution in [0.3, 0.4) is 0 Å². The van der Waals surface area contributed by atoms with Crippen LogP contribution in [0.4, 0.5) is 0 Å². The van der Waals surface area contributed by atoms with Gasteiger partial charge in [0.15, 0.2) is 5.84 Å². The van der Waals surface area contributed by atoms with E-state index in [9.17, 15) is 0 Å².